The van der Waals surface area contributed by atoms with Crippen LogP contribution in [0.5, 0.6) is 0 Å². The molecule has 0 saturated carbocycles. The maximum atomic E-state index is 5.56. The van der Waals surface area contributed by atoms with E-state index < -0.39 is 0 Å². The molecule has 94 valence electrons. The highest BCUT2D eigenvalue weighted by molar-refractivity contribution is 7.80. The molecule has 0 spiro atoms. The summed E-state index contributed by atoms with van der Waals surface area (Å²) in [5.74, 6) is 0.503. The average molecular weight is 254 g/mol. The molecule has 6 heteroatoms. The van der Waals surface area contributed by atoms with Crippen LogP contribution < -0.4 is 11.1 Å². The Labute approximate surface area is 107 Å². The Morgan fingerprint density at radius 2 is 2.29 bits per heavy atom. The van der Waals surface area contributed by atoms with E-state index in [4.69, 9.17) is 22.7 Å². The van der Waals surface area contributed by atoms with E-state index in [2.05, 4.69) is 15.3 Å². The molecule has 3 N–H and O–H groups in total. The predicted octanol–water partition coefficient (Wildman–Crippen LogP) is 1.34. The van der Waals surface area contributed by atoms with Crippen LogP contribution in [0.3, 0.4) is 0 Å². The number of nitrogens with one attached hydrogen (secondary N) is 1. The van der Waals surface area contributed by atoms with Gasteiger partial charge < -0.3 is 15.8 Å². The monoisotopic (exact) mass is 254 g/mol. The molecular weight excluding hydrogens is 236 g/mol. The molecule has 0 radical (unpaired) electrons. The summed E-state index contributed by atoms with van der Waals surface area (Å²) in [4.78, 5) is 8.55. The highest BCUT2D eigenvalue weighted by Gasteiger charge is 2.17. The van der Waals surface area contributed by atoms with Gasteiger partial charge in [-0.25, -0.2) is 9.97 Å². The predicted molar refractivity (Wildman–Crippen MR) is 72.1 cm³/mol. The molecule has 0 unspecified atom stereocenters. The lowest BCUT2D eigenvalue weighted by atomic mass is 10.1. The molecule has 0 saturated heterocycles. The van der Waals surface area contributed by atoms with Crippen LogP contribution in [0.2, 0.25) is 0 Å². The second-order valence-electron chi connectivity index (χ2n) is 4.18. The molecule has 17 heavy (non-hydrogen) atoms. The zero-order valence-electron chi connectivity index (χ0n) is 10.4. The lowest BCUT2D eigenvalue weighted by Gasteiger charge is -2.24. The van der Waals surface area contributed by atoms with Gasteiger partial charge >= 0.3 is 0 Å². The summed E-state index contributed by atoms with van der Waals surface area (Å²) >= 11 is 4.86. The van der Waals surface area contributed by atoms with Crippen LogP contribution >= 0.6 is 12.2 Å². The number of rotatable bonds is 6. The molecule has 0 aromatic carbocycles. The minimum absolute atomic E-state index is 0.263. The maximum absolute atomic E-state index is 5.56. The van der Waals surface area contributed by atoms with Crippen LogP contribution in [0.1, 0.15) is 26.5 Å². The van der Waals surface area contributed by atoms with Gasteiger partial charge in [-0.2, -0.15) is 0 Å². The molecule has 1 heterocycles. The van der Waals surface area contributed by atoms with Gasteiger partial charge in [-0.1, -0.05) is 12.2 Å². The minimum Gasteiger partial charge on any atom is -0.388 e. The SMILES string of the molecule is CCOC(C)(C)CNc1nccc(C(N)=S)n1. The van der Waals surface area contributed by atoms with Gasteiger partial charge in [0, 0.05) is 19.3 Å². The summed E-state index contributed by atoms with van der Waals surface area (Å²) in [5.41, 5.74) is 5.80. The Bertz CT molecular complexity index is 395. The standard InChI is InChI=1S/C11H18N4OS/c1-4-16-11(2,3)7-14-10-13-6-5-8(15-10)9(12)17/h5-6H,4,7H2,1-3H3,(H2,12,17)(H,13,14,15). The molecule has 5 nitrogen and oxygen atoms in total. The summed E-state index contributed by atoms with van der Waals surface area (Å²) in [5, 5.41) is 3.10. The van der Waals surface area contributed by atoms with Crippen LogP contribution in [0.15, 0.2) is 12.3 Å². The van der Waals surface area contributed by atoms with Crippen LogP contribution in [-0.4, -0.2) is 33.7 Å². The van der Waals surface area contributed by atoms with Crippen molar-refractivity contribution in [2.24, 2.45) is 5.73 Å². The lowest BCUT2D eigenvalue weighted by Crippen LogP contribution is -2.34. The van der Waals surface area contributed by atoms with Crippen molar-refractivity contribution in [3.8, 4) is 0 Å². The fourth-order valence-electron chi connectivity index (χ4n) is 1.31. The van der Waals surface area contributed by atoms with Gasteiger partial charge in [-0.15, -0.1) is 0 Å². The third-order valence-electron chi connectivity index (χ3n) is 2.12. The highest BCUT2D eigenvalue weighted by Crippen LogP contribution is 2.10. The quantitative estimate of drug-likeness (QED) is 0.746. The lowest BCUT2D eigenvalue weighted by molar-refractivity contribution is 0.000582. The van der Waals surface area contributed by atoms with Crippen LogP contribution in [0.25, 0.3) is 0 Å². The number of nitrogens with zero attached hydrogens (tertiary/aromatic N) is 2. The normalized spacial score (nSPS) is 11.2. The highest BCUT2D eigenvalue weighted by atomic mass is 32.1. The average Bonchev–Trinajstić information content (AvgIpc) is 2.27. The molecule has 0 atom stereocenters. The van der Waals surface area contributed by atoms with Gasteiger partial charge in [0.2, 0.25) is 5.95 Å². The zero-order chi connectivity index (χ0) is 12.9. The summed E-state index contributed by atoms with van der Waals surface area (Å²) < 4.78 is 5.56. The molecule has 1 aromatic heterocycles. The molecule has 0 amide bonds. The van der Waals surface area contributed by atoms with Crippen LogP contribution in [-0.2, 0) is 4.74 Å². The van der Waals surface area contributed by atoms with E-state index in [-0.39, 0.29) is 10.6 Å². The van der Waals surface area contributed by atoms with Crippen molar-refractivity contribution in [3.63, 3.8) is 0 Å². The van der Waals surface area contributed by atoms with E-state index in [0.29, 0.717) is 24.8 Å². The van der Waals surface area contributed by atoms with Crippen molar-refractivity contribution < 1.29 is 4.74 Å². The molecule has 0 aliphatic heterocycles. The molecule has 0 bridgehead atoms. The summed E-state index contributed by atoms with van der Waals surface area (Å²) in [6.07, 6.45) is 1.62. The molecule has 0 aliphatic carbocycles. The third-order valence-corrected chi connectivity index (χ3v) is 2.32. The Morgan fingerprint density at radius 3 is 2.88 bits per heavy atom. The second kappa shape index (κ2) is 5.88. The van der Waals surface area contributed by atoms with Crippen molar-refractivity contribution in [1.29, 1.82) is 0 Å². The topological polar surface area (TPSA) is 73.1 Å². The number of ether oxygens (including phenoxy) is 1. The Balaban J connectivity index is 2.63. The Hall–Kier alpha value is -1.27. The summed E-state index contributed by atoms with van der Waals surface area (Å²) in [6.45, 7) is 7.25. The summed E-state index contributed by atoms with van der Waals surface area (Å²) in [7, 11) is 0. The van der Waals surface area contributed by atoms with E-state index in [1.165, 1.54) is 0 Å². The number of aromatic nitrogens is 2. The van der Waals surface area contributed by atoms with Crippen molar-refractivity contribution in [2.45, 2.75) is 26.4 Å². The van der Waals surface area contributed by atoms with E-state index in [0.717, 1.165) is 0 Å². The first-order chi connectivity index (χ1) is 7.94. The van der Waals surface area contributed by atoms with Crippen LogP contribution in [0, 0.1) is 0 Å². The van der Waals surface area contributed by atoms with Gasteiger partial charge in [0.05, 0.1) is 5.60 Å². The van der Waals surface area contributed by atoms with Crippen molar-refractivity contribution >= 4 is 23.2 Å². The number of thiocarbonyl (C=S) groups is 1. The second-order valence-corrected chi connectivity index (χ2v) is 4.62. The van der Waals surface area contributed by atoms with Gasteiger partial charge in [0.15, 0.2) is 0 Å². The third kappa shape index (κ3) is 4.62. The first-order valence-electron chi connectivity index (χ1n) is 5.45. The Morgan fingerprint density at radius 1 is 1.59 bits per heavy atom. The number of nitrogens with two attached hydrogens (primary N) is 1. The van der Waals surface area contributed by atoms with E-state index in [1.54, 1.807) is 12.3 Å². The van der Waals surface area contributed by atoms with Gasteiger partial charge in [0.1, 0.15) is 10.7 Å². The Kier molecular flexibility index (Phi) is 4.77. The zero-order valence-corrected chi connectivity index (χ0v) is 11.2. The first kappa shape index (κ1) is 13.8. The van der Waals surface area contributed by atoms with Crippen molar-refractivity contribution in [1.82, 2.24) is 9.97 Å². The maximum Gasteiger partial charge on any atom is 0.223 e. The number of hydrogen-bond donors (Lipinski definition) is 2. The van der Waals surface area contributed by atoms with Gasteiger partial charge in [0.25, 0.3) is 0 Å². The number of anilines is 1. The molecular formula is C11H18N4OS. The van der Waals surface area contributed by atoms with E-state index in [9.17, 15) is 0 Å². The van der Waals surface area contributed by atoms with Crippen LogP contribution in [0.4, 0.5) is 5.95 Å². The minimum atomic E-state index is -0.267. The molecule has 1 rings (SSSR count). The van der Waals surface area contributed by atoms with E-state index >= 15 is 0 Å². The molecule has 1 aromatic rings. The van der Waals surface area contributed by atoms with Crippen molar-refractivity contribution in [2.75, 3.05) is 18.5 Å². The fourth-order valence-corrected chi connectivity index (χ4v) is 1.43. The summed E-state index contributed by atoms with van der Waals surface area (Å²) in [6, 6.07) is 1.68. The number of hydrogen-bond acceptors (Lipinski definition) is 5. The van der Waals surface area contributed by atoms with E-state index in [1.807, 2.05) is 20.8 Å². The van der Waals surface area contributed by atoms with Gasteiger partial charge in [-0.05, 0) is 26.8 Å². The smallest absolute Gasteiger partial charge is 0.223 e. The van der Waals surface area contributed by atoms with Gasteiger partial charge in [-0.3, -0.25) is 0 Å². The first-order valence-corrected chi connectivity index (χ1v) is 5.86. The fraction of sp³-hybridized carbons (Fsp3) is 0.545. The van der Waals surface area contributed by atoms with Crippen molar-refractivity contribution in [3.05, 3.63) is 18.0 Å². The molecule has 0 aliphatic rings. The largest absolute Gasteiger partial charge is 0.388 e. The molecule has 0 fully saturated rings.